The molecule has 2 aromatic carbocycles. The minimum absolute atomic E-state index is 0.129. The Morgan fingerprint density at radius 1 is 1.00 bits per heavy atom. The first kappa shape index (κ1) is 19.7. The van der Waals surface area contributed by atoms with Crippen molar-refractivity contribution in [2.75, 3.05) is 0 Å². The molecule has 5 aromatic rings. The van der Waals surface area contributed by atoms with Crippen molar-refractivity contribution in [2.24, 2.45) is 0 Å². The van der Waals surface area contributed by atoms with Crippen molar-refractivity contribution in [1.29, 1.82) is 0 Å². The Bertz CT molecular complexity index is 1420. The van der Waals surface area contributed by atoms with Crippen LogP contribution in [0, 0.1) is 13.8 Å². The highest BCUT2D eigenvalue weighted by Gasteiger charge is 2.17. The molecular weight excluding hydrogens is 428 g/mol. The minimum atomic E-state index is -0.129. The van der Waals surface area contributed by atoms with Crippen molar-refractivity contribution in [3.05, 3.63) is 81.2 Å². The van der Waals surface area contributed by atoms with Gasteiger partial charge in [0.25, 0.3) is 10.8 Å². The highest BCUT2D eigenvalue weighted by atomic mass is 32.2. The minimum Gasteiger partial charge on any atom is -0.411 e. The normalized spacial score (nSPS) is 11.3. The number of hydrogen-bond donors (Lipinski definition) is 1. The third kappa shape index (κ3) is 3.92. The number of nitrogens with one attached hydrogen (secondary N) is 1. The molecule has 3 aromatic heterocycles. The maximum atomic E-state index is 12.9. The molecule has 0 saturated heterocycles. The molecule has 0 unspecified atom stereocenters. The summed E-state index contributed by atoms with van der Waals surface area (Å²) in [6.07, 6.45) is 0. The first-order chi connectivity index (χ1) is 15.1. The predicted molar refractivity (Wildman–Crippen MR) is 124 cm³/mol. The molecule has 0 fully saturated rings. The SMILES string of the molecule is Cc1ccc(-c2c(C)sc3nc(CSc4nnc(-c5ccccc5)o4)[nH]c(=O)c23)cc1. The standard InChI is InChI=1S/C23H18N4O2S2/c1-13-8-10-15(11-9-13)18-14(2)31-22-19(18)20(28)24-17(25-22)12-30-23-27-26-21(29-23)16-6-4-3-5-7-16/h3-11H,12H2,1-2H3,(H,24,25,28). The average molecular weight is 447 g/mol. The zero-order valence-electron chi connectivity index (χ0n) is 16.9. The highest BCUT2D eigenvalue weighted by molar-refractivity contribution is 7.98. The number of nitrogens with zero attached hydrogens (tertiary/aromatic N) is 3. The first-order valence-electron chi connectivity index (χ1n) is 9.69. The number of benzene rings is 2. The molecule has 3 heterocycles. The third-order valence-corrected chi connectivity index (χ3v) is 6.72. The van der Waals surface area contributed by atoms with Crippen LogP contribution in [0.25, 0.3) is 32.8 Å². The monoisotopic (exact) mass is 446 g/mol. The molecule has 1 N–H and O–H groups in total. The van der Waals surface area contributed by atoms with Crippen molar-refractivity contribution < 1.29 is 4.42 Å². The maximum absolute atomic E-state index is 12.9. The molecule has 0 saturated carbocycles. The Morgan fingerprint density at radius 2 is 1.77 bits per heavy atom. The average Bonchev–Trinajstić information content (AvgIpc) is 3.38. The summed E-state index contributed by atoms with van der Waals surface area (Å²) in [6.45, 7) is 4.08. The smallest absolute Gasteiger partial charge is 0.277 e. The molecule has 8 heteroatoms. The summed E-state index contributed by atoms with van der Waals surface area (Å²) in [6, 6.07) is 17.8. The van der Waals surface area contributed by atoms with Crippen LogP contribution in [0.4, 0.5) is 0 Å². The van der Waals surface area contributed by atoms with Gasteiger partial charge in [-0.15, -0.1) is 21.5 Å². The van der Waals surface area contributed by atoms with Crippen LogP contribution < -0.4 is 5.56 Å². The van der Waals surface area contributed by atoms with Gasteiger partial charge in [0.15, 0.2) is 0 Å². The quantitative estimate of drug-likeness (QED) is 0.353. The van der Waals surface area contributed by atoms with Gasteiger partial charge in [-0.05, 0) is 31.5 Å². The molecule has 0 amide bonds. The van der Waals surface area contributed by atoms with Gasteiger partial charge in [-0.25, -0.2) is 4.98 Å². The van der Waals surface area contributed by atoms with E-state index in [1.807, 2.05) is 56.3 Å². The van der Waals surface area contributed by atoms with Crippen LogP contribution in [0.2, 0.25) is 0 Å². The summed E-state index contributed by atoms with van der Waals surface area (Å²) in [7, 11) is 0. The summed E-state index contributed by atoms with van der Waals surface area (Å²) in [5.74, 6) is 1.48. The van der Waals surface area contributed by atoms with E-state index < -0.39 is 0 Å². The summed E-state index contributed by atoms with van der Waals surface area (Å²) < 4.78 is 5.72. The second kappa shape index (κ2) is 8.13. The van der Waals surface area contributed by atoms with Crippen LogP contribution in [0.3, 0.4) is 0 Å². The topological polar surface area (TPSA) is 84.7 Å². The van der Waals surface area contributed by atoms with Crippen LogP contribution in [0.5, 0.6) is 0 Å². The Labute approximate surface area is 186 Å². The fraction of sp³-hybridized carbons (Fsp3) is 0.130. The molecular formula is C23H18N4O2S2. The molecule has 5 rings (SSSR count). The number of aryl methyl sites for hydroxylation is 2. The molecule has 0 aliphatic heterocycles. The molecule has 0 aliphatic rings. The van der Waals surface area contributed by atoms with Crippen LogP contribution in [-0.4, -0.2) is 20.2 Å². The maximum Gasteiger partial charge on any atom is 0.277 e. The van der Waals surface area contributed by atoms with Gasteiger partial charge >= 0.3 is 0 Å². The van der Waals surface area contributed by atoms with E-state index in [0.29, 0.717) is 28.1 Å². The molecule has 0 aliphatic carbocycles. The Hall–Kier alpha value is -3.23. The van der Waals surface area contributed by atoms with Crippen molar-refractivity contribution in [1.82, 2.24) is 20.2 Å². The van der Waals surface area contributed by atoms with Gasteiger partial charge < -0.3 is 9.40 Å². The molecule has 0 spiro atoms. The number of aromatic nitrogens is 4. The van der Waals surface area contributed by atoms with Gasteiger partial charge in [0, 0.05) is 16.0 Å². The van der Waals surface area contributed by atoms with E-state index in [0.717, 1.165) is 26.4 Å². The summed E-state index contributed by atoms with van der Waals surface area (Å²) >= 11 is 2.88. The second-order valence-electron chi connectivity index (χ2n) is 7.12. The van der Waals surface area contributed by atoms with Crippen LogP contribution in [0.15, 0.2) is 69.0 Å². The Kier molecular flexibility index (Phi) is 5.17. The predicted octanol–water partition coefficient (Wildman–Crippen LogP) is 5.61. The van der Waals surface area contributed by atoms with Gasteiger partial charge in [-0.2, -0.15) is 0 Å². The van der Waals surface area contributed by atoms with Crippen LogP contribution >= 0.6 is 23.1 Å². The first-order valence-corrected chi connectivity index (χ1v) is 11.5. The lowest BCUT2D eigenvalue weighted by atomic mass is 10.0. The summed E-state index contributed by atoms with van der Waals surface area (Å²) in [5, 5.41) is 9.26. The lowest BCUT2D eigenvalue weighted by Gasteiger charge is -2.03. The van der Waals surface area contributed by atoms with Gasteiger partial charge in [-0.3, -0.25) is 4.79 Å². The molecule has 154 valence electrons. The van der Waals surface area contributed by atoms with E-state index in [1.165, 1.54) is 28.7 Å². The van der Waals surface area contributed by atoms with E-state index in [-0.39, 0.29) is 5.56 Å². The molecule has 6 nitrogen and oxygen atoms in total. The Morgan fingerprint density at radius 3 is 2.55 bits per heavy atom. The largest absolute Gasteiger partial charge is 0.411 e. The van der Waals surface area contributed by atoms with Crippen LogP contribution in [-0.2, 0) is 5.75 Å². The van der Waals surface area contributed by atoms with Gasteiger partial charge in [0.2, 0.25) is 5.89 Å². The van der Waals surface area contributed by atoms with Crippen LogP contribution in [0.1, 0.15) is 16.3 Å². The van der Waals surface area contributed by atoms with Crippen molar-refractivity contribution in [3.8, 4) is 22.6 Å². The highest BCUT2D eigenvalue weighted by Crippen LogP contribution is 2.36. The zero-order chi connectivity index (χ0) is 21.4. The fourth-order valence-corrected chi connectivity index (χ4v) is 5.09. The number of thiophene rings is 1. The van der Waals surface area contributed by atoms with E-state index in [2.05, 4.69) is 27.3 Å². The van der Waals surface area contributed by atoms with Gasteiger partial charge in [-0.1, -0.05) is 59.8 Å². The van der Waals surface area contributed by atoms with Crippen molar-refractivity contribution in [2.45, 2.75) is 24.8 Å². The second-order valence-corrected chi connectivity index (χ2v) is 9.25. The molecule has 0 bridgehead atoms. The Balaban J connectivity index is 1.41. The number of rotatable bonds is 5. The fourth-order valence-electron chi connectivity index (χ4n) is 3.40. The number of hydrogen-bond acceptors (Lipinski definition) is 7. The third-order valence-electron chi connectivity index (χ3n) is 4.89. The van der Waals surface area contributed by atoms with E-state index in [4.69, 9.17) is 9.40 Å². The molecule has 0 atom stereocenters. The van der Waals surface area contributed by atoms with E-state index in [9.17, 15) is 4.79 Å². The number of fused-ring (bicyclic) bond motifs is 1. The number of thioether (sulfide) groups is 1. The van der Waals surface area contributed by atoms with Crippen molar-refractivity contribution >= 4 is 33.3 Å². The summed E-state index contributed by atoms with van der Waals surface area (Å²) in [5.41, 5.74) is 3.91. The van der Waals surface area contributed by atoms with Crippen molar-refractivity contribution in [3.63, 3.8) is 0 Å². The van der Waals surface area contributed by atoms with E-state index in [1.54, 1.807) is 0 Å². The molecule has 0 radical (unpaired) electrons. The van der Waals surface area contributed by atoms with Gasteiger partial charge in [0.05, 0.1) is 11.1 Å². The van der Waals surface area contributed by atoms with E-state index >= 15 is 0 Å². The zero-order valence-corrected chi connectivity index (χ0v) is 18.5. The lowest BCUT2D eigenvalue weighted by Crippen LogP contribution is -2.10. The number of H-pyrrole nitrogens is 1. The van der Waals surface area contributed by atoms with Gasteiger partial charge in [0.1, 0.15) is 10.7 Å². The lowest BCUT2D eigenvalue weighted by molar-refractivity contribution is 0.465. The number of aromatic amines is 1. The molecule has 31 heavy (non-hydrogen) atoms. The summed E-state index contributed by atoms with van der Waals surface area (Å²) in [4.78, 5) is 22.4.